The number of nitrogens with zero attached hydrogens (tertiary/aromatic N) is 4. The number of unbranched alkanes of at least 4 members (excludes halogenated alkanes) is 2. The van der Waals surface area contributed by atoms with Crippen molar-refractivity contribution in [3.8, 4) is 5.75 Å². The number of imide groups is 1. The summed E-state index contributed by atoms with van der Waals surface area (Å²) in [5.41, 5.74) is 6.00. The van der Waals surface area contributed by atoms with Crippen molar-refractivity contribution in [2.45, 2.75) is 106 Å². The van der Waals surface area contributed by atoms with E-state index in [0.717, 1.165) is 70.1 Å². The summed E-state index contributed by atoms with van der Waals surface area (Å²) in [5, 5.41) is 0.558. The van der Waals surface area contributed by atoms with Crippen molar-refractivity contribution in [1.82, 2.24) is 9.79 Å². The van der Waals surface area contributed by atoms with Crippen LogP contribution in [0.15, 0.2) is 123 Å². The molecule has 1 fully saturated rings. The van der Waals surface area contributed by atoms with Gasteiger partial charge in [0.05, 0.1) is 49.4 Å². The standard InChI is InChI=1S/C52H64N5O10S2/c1-51(2)41-34-39(68(61,62)53-31-33-57(6,7)8)23-25-43(41)54(5)45(51)27-21-36-16-15-17-37(50(36)66-38-18-11-9-12-19-38)22-28-46-52(3,4)42-35-40(69(63,64)65)24-26-44(42)55(46)32-14-10-13-20-49(60)67-56-47(58)29-30-48(56)59/h9,11-12,18-19,21-28,34-35,53H,10,13-17,20,29-33H2,1-8H3/q+1/p+1. The Morgan fingerprint density at radius 3 is 2.19 bits per heavy atom. The molecule has 0 spiro atoms. The number of rotatable bonds is 18. The molecule has 15 nitrogen and oxygen atoms in total. The number of para-hydroxylation sites is 1. The number of carbonyl (C=O) groups excluding carboxylic acids is 3. The maximum atomic E-state index is 13.4. The highest BCUT2D eigenvalue weighted by Crippen LogP contribution is 2.49. The Kier molecular flexibility index (Phi) is 14.8. The van der Waals surface area contributed by atoms with Gasteiger partial charge in [-0.05, 0) is 117 Å². The number of hydrogen-bond donors (Lipinski definition) is 2. The highest BCUT2D eigenvalue weighted by atomic mass is 32.2. The maximum Gasteiger partial charge on any atom is 0.333 e. The van der Waals surface area contributed by atoms with Crippen LogP contribution in [0.5, 0.6) is 5.75 Å². The van der Waals surface area contributed by atoms with Crippen molar-refractivity contribution in [2.24, 2.45) is 0 Å². The highest BCUT2D eigenvalue weighted by molar-refractivity contribution is 7.89. The van der Waals surface area contributed by atoms with E-state index >= 15 is 0 Å². The Hall–Kier alpha value is -5.72. The van der Waals surface area contributed by atoms with E-state index in [2.05, 4.69) is 52.3 Å². The van der Waals surface area contributed by atoms with Gasteiger partial charge in [-0.25, -0.2) is 17.9 Å². The quantitative estimate of drug-likeness (QED) is 0.0418. The molecule has 0 atom stereocenters. The molecule has 0 bridgehead atoms. The smallest absolute Gasteiger partial charge is 0.333 e. The molecule has 3 heterocycles. The summed E-state index contributed by atoms with van der Waals surface area (Å²) in [5.74, 6) is -0.297. The Labute approximate surface area is 406 Å². The summed E-state index contributed by atoms with van der Waals surface area (Å²) >= 11 is 0. The first-order valence-corrected chi connectivity index (χ1v) is 26.4. The molecule has 4 aliphatic rings. The van der Waals surface area contributed by atoms with Crippen LogP contribution in [0, 0.1) is 0 Å². The fraction of sp³-hybridized carbons (Fsp3) is 0.423. The van der Waals surface area contributed by atoms with Gasteiger partial charge in [-0.15, -0.1) is 5.06 Å². The zero-order chi connectivity index (χ0) is 50.1. The minimum Gasteiger partial charge on any atom is -0.457 e. The second-order valence-corrected chi connectivity index (χ2v) is 23.3. The minimum atomic E-state index is -4.48. The van der Waals surface area contributed by atoms with Crippen LogP contribution in [-0.4, -0.2) is 107 Å². The minimum absolute atomic E-state index is 0.0232. The Morgan fingerprint density at radius 2 is 1.51 bits per heavy atom. The van der Waals surface area contributed by atoms with Crippen LogP contribution in [0.25, 0.3) is 0 Å². The normalized spacial score (nSPS) is 19.4. The Balaban J connectivity index is 1.18. The molecular formula is C52H65N5O10S2+2. The number of ether oxygens (including phenoxy) is 1. The van der Waals surface area contributed by atoms with E-state index < -0.39 is 48.8 Å². The molecule has 368 valence electrons. The SMILES string of the molecule is C[N+]1=C(/C=C/C2=C(Oc3ccccc3)C(=C\C=C3/N(CCCCCC(=O)ON4C(=O)CCC4=O)c4ccc(S(=O)(=O)O)cc4C3(C)C)/CCC2)C(C)(C)c2cc(S(=O)(=O)NCC[N+](C)(C)C)ccc21. The first-order chi connectivity index (χ1) is 32.4. The van der Waals surface area contributed by atoms with Gasteiger partial charge in [0.2, 0.25) is 15.7 Å². The van der Waals surface area contributed by atoms with Gasteiger partial charge in [0.1, 0.15) is 18.6 Å². The van der Waals surface area contributed by atoms with Crippen LogP contribution in [0.3, 0.4) is 0 Å². The molecule has 0 unspecified atom stereocenters. The van der Waals surface area contributed by atoms with Gasteiger partial charge >= 0.3 is 5.97 Å². The zero-order valence-electron chi connectivity index (χ0n) is 40.9. The summed E-state index contributed by atoms with van der Waals surface area (Å²) in [6.45, 7) is 9.73. The summed E-state index contributed by atoms with van der Waals surface area (Å²) < 4.78 is 73.9. The summed E-state index contributed by atoms with van der Waals surface area (Å²) in [6.07, 6.45) is 12.5. The van der Waals surface area contributed by atoms with E-state index in [9.17, 15) is 35.8 Å². The van der Waals surface area contributed by atoms with Crippen LogP contribution in [0.1, 0.15) is 96.6 Å². The molecule has 17 heteroatoms. The number of sulfonamides is 1. The van der Waals surface area contributed by atoms with E-state index in [4.69, 9.17) is 9.57 Å². The van der Waals surface area contributed by atoms with E-state index in [0.29, 0.717) is 54.2 Å². The van der Waals surface area contributed by atoms with Gasteiger partial charge < -0.3 is 19.0 Å². The monoisotopic (exact) mass is 983 g/mol. The number of likely N-dealkylation sites (N-methyl/N-ethyl adjacent to an activating group) is 1. The predicted molar refractivity (Wildman–Crippen MR) is 264 cm³/mol. The molecule has 1 saturated heterocycles. The third-order valence-corrected chi connectivity index (χ3v) is 15.6. The van der Waals surface area contributed by atoms with Gasteiger partial charge in [-0.2, -0.15) is 13.0 Å². The second-order valence-electron chi connectivity index (χ2n) is 20.1. The number of quaternary nitrogens is 1. The van der Waals surface area contributed by atoms with Crippen LogP contribution >= 0.6 is 0 Å². The maximum absolute atomic E-state index is 13.4. The van der Waals surface area contributed by atoms with Crippen molar-refractivity contribution in [3.05, 3.63) is 125 Å². The van der Waals surface area contributed by atoms with Crippen molar-refractivity contribution in [1.29, 1.82) is 0 Å². The lowest BCUT2D eigenvalue weighted by Crippen LogP contribution is -2.41. The lowest BCUT2D eigenvalue weighted by atomic mass is 9.81. The van der Waals surface area contributed by atoms with Gasteiger partial charge in [0, 0.05) is 60.3 Å². The van der Waals surface area contributed by atoms with Crippen molar-refractivity contribution in [3.63, 3.8) is 0 Å². The molecule has 3 aromatic rings. The largest absolute Gasteiger partial charge is 0.457 e. The summed E-state index contributed by atoms with van der Waals surface area (Å²) in [7, 11) is -0.165. The van der Waals surface area contributed by atoms with E-state index in [1.54, 1.807) is 18.2 Å². The predicted octanol–water partition coefficient (Wildman–Crippen LogP) is 7.77. The molecule has 69 heavy (non-hydrogen) atoms. The third-order valence-electron chi connectivity index (χ3n) is 13.3. The first-order valence-electron chi connectivity index (χ1n) is 23.5. The fourth-order valence-corrected chi connectivity index (χ4v) is 11.0. The number of anilines is 1. The van der Waals surface area contributed by atoms with Crippen molar-refractivity contribution in [2.75, 3.05) is 52.7 Å². The number of hydrogen-bond acceptors (Lipinski definition) is 10. The number of nitrogens with one attached hydrogen (secondary N) is 1. The number of amides is 2. The topological polar surface area (TPSA) is 180 Å². The number of benzene rings is 3. The summed E-state index contributed by atoms with van der Waals surface area (Å²) in [4.78, 5) is 43.6. The van der Waals surface area contributed by atoms with Gasteiger partial charge in [0.15, 0.2) is 5.71 Å². The molecule has 2 N–H and O–H groups in total. The zero-order valence-corrected chi connectivity index (χ0v) is 42.5. The number of carbonyl (C=O) groups is 3. The van der Waals surface area contributed by atoms with Gasteiger partial charge in [0.25, 0.3) is 21.9 Å². The van der Waals surface area contributed by atoms with Crippen molar-refractivity contribution >= 4 is 55.0 Å². The molecule has 0 aromatic heterocycles. The van der Waals surface area contributed by atoms with Crippen molar-refractivity contribution < 1.29 is 54.4 Å². The molecule has 1 aliphatic carbocycles. The number of allylic oxidation sites excluding steroid dienone is 7. The molecule has 3 aromatic carbocycles. The highest BCUT2D eigenvalue weighted by Gasteiger charge is 2.44. The number of hydroxylamine groups is 2. The third kappa shape index (κ3) is 11.3. The van der Waals surface area contributed by atoms with Gasteiger partial charge in [-0.3, -0.25) is 14.1 Å². The van der Waals surface area contributed by atoms with E-state index in [1.807, 2.05) is 78.4 Å². The van der Waals surface area contributed by atoms with E-state index in [-0.39, 0.29) is 29.1 Å². The first kappa shape index (κ1) is 51.1. The van der Waals surface area contributed by atoms with Crippen LogP contribution in [-0.2, 0) is 50.2 Å². The van der Waals surface area contributed by atoms with E-state index in [1.165, 1.54) is 12.1 Å². The lowest BCUT2D eigenvalue weighted by molar-refractivity contribution is -0.869. The fourth-order valence-electron chi connectivity index (χ4n) is 9.48. The summed E-state index contributed by atoms with van der Waals surface area (Å²) in [6, 6.07) is 19.6. The molecule has 0 radical (unpaired) electrons. The Bertz CT molecular complexity index is 2910. The van der Waals surface area contributed by atoms with Gasteiger partial charge in [-0.1, -0.05) is 44.5 Å². The number of fused-ring (bicyclic) bond motifs is 2. The second kappa shape index (κ2) is 19.9. The molecule has 7 rings (SSSR count). The molecule has 3 aliphatic heterocycles. The average Bonchev–Trinajstić information content (AvgIpc) is 3.78. The van der Waals surface area contributed by atoms with Crippen LogP contribution < -0.4 is 14.4 Å². The molecule has 2 amide bonds. The average molecular weight is 984 g/mol. The molecular weight excluding hydrogens is 919 g/mol. The van der Waals surface area contributed by atoms with Crippen LogP contribution in [0.4, 0.5) is 11.4 Å². The van der Waals surface area contributed by atoms with Crippen LogP contribution in [0.2, 0.25) is 0 Å². The Morgan fingerprint density at radius 1 is 0.826 bits per heavy atom. The lowest BCUT2D eigenvalue weighted by Gasteiger charge is -2.27. The molecule has 0 saturated carbocycles.